The molecule has 2 heterocycles. The normalized spacial score (nSPS) is 11.2. The third-order valence-electron chi connectivity index (χ3n) is 5.21. The Morgan fingerprint density at radius 2 is 1.97 bits per heavy atom. The van der Waals surface area contributed by atoms with E-state index in [1.807, 2.05) is 43.5 Å². The molecule has 0 bridgehead atoms. The predicted molar refractivity (Wildman–Crippen MR) is 125 cm³/mol. The number of aryl methyl sites for hydroxylation is 1. The number of carboxylic acids is 1. The van der Waals surface area contributed by atoms with Gasteiger partial charge in [-0.15, -0.1) is 0 Å². The summed E-state index contributed by atoms with van der Waals surface area (Å²) in [5.74, 6) is -0.598. The Kier molecular flexibility index (Phi) is 5.99. The SMILES string of the molecule is CCOc1ccc2oc(C(=O)N/N=C/c3cc(C)n(-c4cccc(C(=O)O)c4)c3C)cc2c1. The standard InChI is InChI=1S/C25H23N3O5/c1-4-32-21-8-9-22-18(12-21)13-23(33-22)24(29)27-26-14-19-10-15(2)28(16(19)3)20-7-5-6-17(11-20)25(30)31/h5-14H,4H2,1-3H3,(H,27,29)(H,30,31)/b26-14+. The van der Waals surface area contributed by atoms with Gasteiger partial charge in [-0.2, -0.15) is 5.10 Å². The summed E-state index contributed by atoms with van der Waals surface area (Å²) in [5.41, 5.74) is 6.58. The number of rotatable bonds is 7. The highest BCUT2D eigenvalue weighted by atomic mass is 16.5. The molecule has 1 amide bonds. The van der Waals surface area contributed by atoms with E-state index in [4.69, 9.17) is 9.15 Å². The molecule has 0 unspecified atom stereocenters. The van der Waals surface area contributed by atoms with Crippen LogP contribution in [-0.4, -0.2) is 34.4 Å². The highest BCUT2D eigenvalue weighted by molar-refractivity contribution is 5.97. The van der Waals surface area contributed by atoms with Crippen molar-refractivity contribution in [3.05, 3.63) is 82.9 Å². The van der Waals surface area contributed by atoms with Crippen LogP contribution in [-0.2, 0) is 0 Å². The average molecular weight is 445 g/mol. The number of carboxylic acid groups (broad SMARTS) is 1. The fraction of sp³-hybridized carbons (Fsp3) is 0.160. The van der Waals surface area contributed by atoms with Gasteiger partial charge in [-0.3, -0.25) is 4.79 Å². The molecule has 0 spiro atoms. The molecule has 0 atom stereocenters. The molecule has 2 N–H and O–H groups in total. The maximum atomic E-state index is 12.5. The molecule has 0 aliphatic heterocycles. The van der Waals surface area contributed by atoms with Gasteiger partial charge in [-0.05, 0) is 69.3 Å². The number of nitrogens with one attached hydrogen (secondary N) is 1. The van der Waals surface area contributed by atoms with Gasteiger partial charge in [-0.1, -0.05) is 6.07 Å². The Labute approximate surface area is 190 Å². The molecule has 0 fully saturated rings. The van der Waals surface area contributed by atoms with Crippen molar-refractivity contribution in [3.63, 3.8) is 0 Å². The zero-order chi connectivity index (χ0) is 23.5. The summed E-state index contributed by atoms with van der Waals surface area (Å²) in [6, 6.07) is 15.6. The first kappa shape index (κ1) is 21.9. The van der Waals surface area contributed by atoms with Crippen LogP contribution in [0, 0.1) is 13.8 Å². The second kappa shape index (κ2) is 9.04. The lowest BCUT2D eigenvalue weighted by Crippen LogP contribution is -2.16. The molecule has 8 nitrogen and oxygen atoms in total. The van der Waals surface area contributed by atoms with E-state index in [0.29, 0.717) is 17.9 Å². The van der Waals surface area contributed by atoms with Crippen molar-refractivity contribution in [3.8, 4) is 11.4 Å². The lowest BCUT2D eigenvalue weighted by molar-refractivity contribution is 0.0696. The van der Waals surface area contributed by atoms with E-state index in [2.05, 4.69) is 10.5 Å². The van der Waals surface area contributed by atoms with E-state index in [-0.39, 0.29) is 11.3 Å². The number of benzene rings is 2. The summed E-state index contributed by atoms with van der Waals surface area (Å²) < 4.78 is 13.0. The van der Waals surface area contributed by atoms with Gasteiger partial charge in [0, 0.05) is 28.0 Å². The van der Waals surface area contributed by atoms with E-state index in [1.165, 1.54) is 0 Å². The van der Waals surface area contributed by atoms with Gasteiger partial charge >= 0.3 is 11.9 Å². The van der Waals surface area contributed by atoms with Crippen molar-refractivity contribution < 1.29 is 23.8 Å². The number of carbonyl (C=O) groups excluding carboxylic acids is 1. The number of aromatic nitrogens is 1. The van der Waals surface area contributed by atoms with Gasteiger partial charge in [-0.25, -0.2) is 10.2 Å². The van der Waals surface area contributed by atoms with Crippen LogP contribution in [0.3, 0.4) is 0 Å². The van der Waals surface area contributed by atoms with E-state index in [0.717, 1.165) is 28.0 Å². The van der Waals surface area contributed by atoms with Crippen LogP contribution in [0.2, 0.25) is 0 Å². The maximum absolute atomic E-state index is 12.5. The number of ether oxygens (including phenoxy) is 1. The van der Waals surface area contributed by atoms with Crippen LogP contribution in [0.5, 0.6) is 5.75 Å². The minimum atomic E-state index is -0.983. The first-order valence-corrected chi connectivity index (χ1v) is 10.4. The van der Waals surface area contributed by atoms with Crippen molar-refractivity contribution in [1.29, 1.82) is 0 Å². The average Bonchev–Trinajstić information content (AvgIpc) is 3.34. The second-order valence-electron chi connectivity index (χ2n) is 7.46. The number of nitrogens with zero attached hydrogens (tertiary/aromatic N) is 2. The number of hydrogen-bond donors (Lipinski definition) is 2. The molecule has 0 aliphatic carbocycles. The van der Waals surface area contributed by atoms with Crippen molar-refractivity contribution in [2.24, 2.45) is 5.10 Å². The Hall–Kier alpha value is -4.33. The van der Waals surface area contributed by atoms with Crippen LogP contribution >= 0.6 is 0 Å². The van der Waals surface area contributed by atoms with Crippen LogP contribution in [0.15, 0.2) is 64.1 Å². The molecular weight excluding hydrogens is 422 g/mol. The van der Waals surface area contributed by atoms with Crippen LogP contribution in [0.4, 0.5) is 0 Å². The van der Waals surface area contributed by atoms with E-state index in [1.54, 1.807) is 42.6 Å². The maximum Gasteiger partial charge on any atom is 0.335 e. The van der Waals surface area contributed by atoms with Crippen molar-refractivity contribution in [2.45, 2.75) is 20.8 Å². The first-order chi connectivity index (χ1) is 15.9. The monoisotopic (exact) mass is 445 g/mol. The topological polar surface area (TPSA) is 106 Å². The quantitative estimate of drug-likeness (QED) is 0.317. The molecule has 4 rings (SSSR count). The first-order valence-electron chi connectivity index (χ1n) is 10.4. The Morgan fingerprint density at radius 3 is 2.73 bits per heavy atom. The summed E-state index contributed by atoms with van der Waals surface area (Å²) in [6.07, 6.45) is 1.55. The molecule has 0 saturated carbocycles. The smallest absolute Gasteiger partial charge is 0.335 e. The number of hydrazone groups is 1. The second-order valence-corrected chi connectivity index (χ2v) is 7.46. The fourth-order valence-electron chi connectivity index (χ4n) is 3.70. The molecular formula is C25H23N3O5. The Morgan fingerprint density at radius 1 is 1.15 bits per heavy atom. The lowest BCUT2D eigenvalue weighted by Gasteiger charge is -2.10. The molecule has 0 radical (unpaired) electrons. The minimum Gasteiger partial charge on any atom is -0.494 e. The number of carbonyl (C=O) groups is 2. The van der Waals surface area contributed by atoms with Crippen LogP contribution in [0.1, 0.15) is 44.8 Å². The Bertz CT molecular complexity index is 1380. The summed E-state index contributed by atoms with van der Waals surface area (Å²) in [7, 11) is 0. The van der Waals surface area contributed by atoms with Gasteiger partial charge in [0.1, 0.15) is 11.3 Å². The van der Waals surface area contributed by atoms with Gasteiger partial charge < -0.3 is 18.8 Å². The molecule has 168 valence electrons. The van der Waals surface area contributed by atoms with Gasteiger partial charge in [0.2, 0.25) is 0 Å². The van der Waals surface area contributed by atoms with E-state index >= 15 is 0 Å². The highest BCUT2D eigenvalue weighted by Crippen LogP contribution is 2.24. The number of furan rings is 1. The highest BCUT2D eigenvalue weighted by Gasteiger charge is 2.14. The zero-order valence-corrected chi connectivity index (χ0v) is 18.5. The molecule has 33 heavy (non-hydrogen) atoms. The predicted octanol–water partition coefficient (Wildman–Crippen LogP) is 4.70. The third kappa shape index (κ3) is 4.50. The van der Waals surface area contributed by atoms with Crippen LogP contribution < -0.4 is 10.2 Å². The largest absolute Gasteiger partial charge is 0.494 e. The minimum absolute atomic E-state index is 0.145. The Balaban J connectivity index is 1.51. The van der Waals surface area contributed by atoms with Gasteiger partial charge in [0.25, 0.3) is 0 Å². The summed E-state index contributed by atoms with van der Waals surface area (Å²) >= 11 is 0. The molecule has 0 aliphatic rings. The van der Waals surface area contributed by atoms with Crippen molar-refractivity contribution in [1.82, 2.24) is 9.99 Å². The van der Waals surface area contributed by atoms with Crippen molar-refractivity contribution in [2.75, 3.05) is 6.61 Å². The van der Waals surface area contributed by atoms with E-state index < -0.39 is 11.9 Å². The number of hydrogen-bond acceptors (Lipinski definition) is 5. The summed E-state index contributed by atoms with van der Waals surface area (Å²) in [4.78, 5) is 23.8. The number of fused-ring (bicyclic) bond motifs is 1. The molecule has 8 heteroatoms. The van der Waals surface area contributed by atoms with Gasteiger partial charge in [0.05, 0.1) is 18.4 Å². The number of aromatic carboxylic acids is 1. The molecule has 4 aromatic rings. The number of amides is 1. The molecule has 2 aromatic carbocycles. The molecule has 2 aromatic heterocycles. The summed E-state index contributed by atoms with van der Waals surface area (Å²) in [5, 5.41) is 14.1. The van der Waals surface area contributed by atoms with E-state index in [9.17, 15) is 14.7 Å². The third-order valence-corrected chi connectivity index (χ3v) is 5.21. The zero-order valence-electron chi connectivity index (χ0n) is 18.5. The van der Waals surface area contributed by atoms with Gasteiger partial charge in [0.15, 0.2) is 5.76 Å². The fourth-order valence-corrected chi connectivity index (χ4v) is 3.70. The summed E-state index contributed by atoms with van der Waals surface area (Å²) in [6.45, 7) is 6.28. The van der Waals surface area contributed by atoms with Crippen LogP contribution in [0.25, 0.3) is 16.7 Å². The van der Waals surface area contributed by atoms with Crippen molar-refractivity contribution >= 4 is 29.1 Å². The lowest BCUT2D eigenvalue weighted by atomic mass is 10.2. The molecule has 0 saturated heterocycles.